The number of nitrogens with two attached hydrogens (primary N) is 1. The Bertz CT molecular complexity index is 499. The normalized spacial score (nSPS) is 21.9. The molecule has 0 bridgehead atoms. The summed E-state index contributed by atoms with van der Waals surface area (Å²) in [5.74, 6) is 0.809. The number of rotatable bonds is 4. The smallest absolute Gasteiger partial charge is 0.253 e. The summed E-state index contributed by atoms with van der Waals surface area (Å²) < 4.78 is 0. The van der Waals surface area contributed by atoms with E-state index in [4.69, 9.17) is 5.73 Å². The molecule has 2 rings (SSSR count). The van der Waals surface area contributed by atoms with Gasteiger partial charge in [0, 0.05) is 25.7 Å². The van der Waals surface area contributed by atoms with Crippen molar-refractivity contribution in [1.29, 1.82) is 0 Å². The highest BCUT2D eigenvalue weighted by molar-refractivity contribution is 5.95. The highest BCUT2D eigenvalue weighted by atomic mass is 16.2. The molecule has 0 radical (unpaired) electrons. The van der Waals surface area contributed by atoms with Gasteiger partial charge in [-0.2, -0.15) is 0 Å². The van der Waals surface area contributed by atoms with E-state index in [0.717, 1.165) is 11.6 Å². The van der Waals surface area contributed by atoms with Gasteiger partial charge in [-0.05, 0) is 37.0 Å². The molecule has 0 heterocycles. The summed E-state index contributed by atoms with van der Waals surface area (Å²) in [6.07, 6.45) is 6.31. The van der Waals surface area contributed by atoms with Crippen LogP contribution in [0.3, 0.4) is 0 Å². The summed E-state index contributed by atoms with van der Waals surface area (Å²) in [7, 11) is 3.50. The van der Waals surface area contributed by atoms with E-state index in [2.05, 4.69) is 12.2 Å². The predicted molar refractivity (Wildman–Crippen MR) is 88.5 cm³/mol. The summed E-state index contributed by atoms with van der Waals surface area (Å²) in [6, 6.07) is 6.05. The molecule has 3 N–H and O–H groups in total. The first-order valence-electron chi connectivity index (χ1n) is 7.89. The van der Waals surface area contributed by atoms with Crippen LogP contribution in [0.1, 0.15) is 49.4 Å². The van der Waals surface area contributed by atoms with Crippen molar-refractivity contribution in [2.45, 2.75) is 45.1 Å². The number of nitrogens with one attached hydrogen (secondary N) is 1. The monoisotopic (exact) mass is 289 g/mol. The van der Waals surface area contributed by atoms with Crippen LogP contribution in [0.5, 0.6) is 0 Å². The van der Waals surface area contributed by atoms with Gasteiger partial charge in [0.25, 0.3) is 5.91 Å². The number of carbonyl (C=O) groups is 1. The van der Waals surface area contributed by atoms with Crippen molar-refractivity contribution in [1.82, 2.24) is 4.90 Å². The van der Waals surface area contributed by atoms with Crippen molar-refractivity contribution in [2.75, 3.05) is 25.1 Å². The Morgan fingerprint density at radius 2 is 2.14 bits per heavy atom. The van der Waals surface area contributed by atoms with Gasteiger partial charge < -0.3 is 16.0 Å². The molecule has 4 heteroatoms. The largest absolute Gasteiger partial charge is 0.397 e. The SMILES string of the molecule is CCC1CCCC(Nc2ccc(C(=O)N(C)C)cc2N)C1. The van der Waals surface area contributed by atoms with Crippen LogP contribution in [0, 0.1) is 5.92 Å². The topological polar surface area (TPSA) is 58.4 Å². The van der Waals surface area contributed by atoms with Crippen molar-refractivity contribution in [3.05, 3.63) is 23.8 Å². The van der Waals surface area contributed by atoms with Crippen LogP contribution < -0.4 is 11.1 Å². The van der Waals surface area contributed by atoms with E-state index in [1.54, 1.807) is 25.1 Å². The van der Waals surface area contributed by atoms with Crippen molar-refractivity contribution in [2.24, 2.45) is 5.92 Å². The molecule has 4 nitrogen and oxygen atoms in total. The first-order chi connectivity index (χ1) is 10.0. The average molecular weight is 289 g/mol. The van der Waals surface area contributed by atoms with Crippen LogP contribution in [0.2, 0.25) is 0 Å². The quantitative estimate of drug-likeness (QED) is 0.836. The summed E-state index contributed by atoms with van der Waals surface area (Å²) >= 11 is 0. The summed E-state index contributed by atoms with van der Waals surface area (Å²) in [6.45, 7) is 2.27. The zero-order chi connectivity index (χ0) is 15.4. The Morgan fingerprint density at radius 3 is 2.76 bits per heavy atom. The Hall–Kier alpha value is -1.71. The molecule has 2 atom stereocenters. The highest BCUT2D eigenvalue weighted by Crippen LogP contribution is 2.30. The van der Waals surface area contributed by atoms with Crippen molar-refractivity contribution < 1.29 is 4.79 Å². The maximum absolute atomic E-state index is 11.9. The Morgan fingerprint density at radius 1 is 1.38 bits per heavy atom. The molecule has 1 aliphatic carbocycles. The minimum atomic E-state index is -0.0167. The number of hydrogen-bond donors (Lipinski definition) is 2. The van der Waals surface area contributed by atoms with E-state index in [0.29, 0.717) is 17.3 Å². The van der Waals surface area contributed by atoms with Gasteiger partial charge in [0.05, 0.1) is 11.4 Å². The van der Waals surface area contributed by atoms with Gasteiger partial charge in [-0.25, -0.2) is 0 Å². The zero-order valence-corrected chi connectivity index (χ0v) is 13.4. The molecule has 0 aliphatic heterocycles. The minimum absolute atomic E-state index is 0.0167. The molecular formula is C17H27N3O. The molecule has 21 heavy (non-hydrogen) atoms. The van der Waals surface area contributed by atoms with Gasteiger partial charge in [0.15, 0.2) is 0 Å². The number of hydrogen-bond acceptors (Lipinski definition) is 3. The maximum Gasteiger partial charge on any atom is 0.253 e. The third-order valence-electron chi connectivity index (χ3n) is 4.42. The fourth-order valence-electron chi connectivity index (χ4n) is 3.10. The first-order valence-corrected chi connectivity index (χ1v) is 7.89. The second-order valence-corrected chi connectivity index (χ2v) is 6.28. The molecule has 1 aliphatic rings. The van der Waals surface area contributed by atoms with E-state index in [1.807, 2.05) is 12.1 Å². The van der Waals surface area contributed by atoms with Gasteiger partial charge in [-0.3, -0.25) is 4.79 Å². The lowest BCUT2D eigenvalue weighted by Gasteiger charge is -2.30. The Labute approximate surface area is 127 Å². The lowest BCUT2D eigenvalue weighted by atomic mass is 9.84. The van der Waals surface area contributed by atoms with Crippen LogP contribution in [0.4, 0.5) is 11.4 Å². The fourth-order valence-corrected chi connectivity index (χ4v) is 3.10. The van der Waals surface area contributed by atoms with E-state index in [1.165, 1.54) is 32.1 Å². The van der Waals surface area contributed by atoms with E-state index in [-0.39, 0.29) is 5.91 Å². The number of nitrogen functional groups attached to an aromatic ring is 1. The second kappa shape index (κ2) is 6.83. The molecular weight excluding hydrogens is 262 g/mol. The number of amides is 1. The number of nitrogens with zero attached hydrogens (tertiary/aromatic N) is 1. The van der Waals surface area contributed by atoms with Gasteiger partial charge in [0.2, 0.25) is 0 Å². The second-order valence-electron chi connectivity index (χ2n) is 6.28. The number of anilines is 2. The van der Waals surface area contributed by atoms with Crippen LogP contribution in [-0.4, -0.2) is 30.9 Å². The van der Waals surface area contributed by atoms with Gasteiger partial charge in [0.1, 0.15) is 0 Å². The summed E-state index contributed by atoms with van der Waals surface area (Å²) in [5, 5.41) is 3.56. The number of benzene rings is 1. The zero-order valence-electron chi connectivity index (χ0n) is 13.4. The number of carbonyl (C=O) groups excluding carboxylic acids is 1. The van der Waals surface area contributed by atoms with Crippen molar-refractivity contribution in [3.8, 4) is 0 Å². The molecule has 2 unspecified atom stereocenters. The van der Waals surface area contributed by atoms with E-state index >= 15 is 0 Å². The van der Waals surface area contributed by atoms with Crippen molar-refractivity contribution >= 4 is 17.3 Å². The summed E-state index contributed by atoms with van der Waals surface area (Å²) in [5.41, 5.74) is 8.35. The first kappa shape index (κ1) is 15.7. The van der Waals surface area contributed by atoms with Gasteiger partial charge in [-0.1, -0.05) is 26.2 Å². The Balaban J connectivity index is 2.05. The molecule has 0 spiro atoms. The molecule has 1 amide bonds. The molecule has 0 aromatic heterocycles. The lowest BCUT2D eigenvalue weighted by Crippen LogP contribution is -2.27. The van der Waals surface area contributed by atoms with Crippen molar-refractivity contribution in [3.63, 3.8) is 0 Å². The van der Waals surface area contributed by atoms with Crippen LogP contribution >= 0.6 is 0 Å². The summed E-state index contributed by atoms with van der Waals surface area (Å²) in [4.78, 5) is 13.5. The maximum atomic E-state index is 11.9. The molecule has 0 saturated heterocycles. The Kier molecular flexibility index (Phi) is 5.10. The van der Waals surface area contributed by atoms with Crippen LogP contribution in [0.15, 0.2) is 18.2 Å². The van der Waals surface area contributed by atoms with Gasteiger partial charge in [-0.15, -0.1) is 0 Å². The highest BCUT2D eigenvalue weighted by Gasteiger charge is 2.21. The third kappa shape index (κ3) is 3.90. The van der Waals surface area contributed by atoms with Crippen LogP contribution in [0.25, 0.3) is 0 Å². The van der Waals surface area contributed by atoms with Crippen LogP contribution in [-0.2, 0) is 0 Å². The van der Waals surface area contributed by atoms with Gasteiger partial charge >= 0.3 is 0 Å². The lowest BCUT2D eigenvalue weighted by molar-refractivity contribution is 0.0827. The minimum Gasteiger partial charge on any atom is -0.397 e. The fraction of sp³-hybridized carbons (Fsp3) is 0.588. The molecule has 1 saturated carbocycles. The van der Waals surface area contributed by atoms with E-state index < -0.39 is 0 Å². The standard InChI is InChI=1S/C17H27N3O/c1-4-12-6-5-7-14(10-12)19-16-9-8-13(11-15(16)18)17(21)20(2)3/h8-9,11-12,14,19H,4-7,10,18H2,1-3H3. The molecule has 1 aromatic rings. The third-order valence-corrected chi connectivity index (χ3v) is 4.42. The predicted octanol–water partition coefficient (Wildman–Crippen LogP) is 3.35. The van der Waals surface area contributed by atoms with E-state index in [9.17, 15) is 4.79 Å². The molecule has 1 aromatic carbocycles. The molecule has 1 fully saturated rings. The average Bonchev–Trinajstić information content (AvgIpc) is 2.48. The molecule has 116 valence electrons.